The zero-order chi connectivity index (χ0) is 36.3. The Morgan fingerprint density at radius 1 is 1.02 bits per heavy atom. The maximum absolute atomic E-state index is 15.1. The average molecular weight is 705 g/mol. The minimum absolute atomic E-state index is 0.105. The van der Waals surface area contributed by atoms with Crippen LogP contribution in [0.15, 0.2) is 79.0 Å². The number of alkyl halides is 2. The van der Waals surface area contributed by atoms with Crippen molar-refractivity contribution in [2.45, 2.75) is 43.8 Å². The first-order valence-corrected chi connectivity index (χ1v) is 16.8. The van der Waals surface area contributed by atoms with Crippen LogP contribution in [0.25, 0.3) is 11.1 Å². The van der Waals surface area contributed by atoms with Gasteiger partial charge in [0.05, 0.1) is 17.9 Å². The van der Waals surface area contributed by atoms with Crippen LogP contribution in [0.5, 0.6) is 0 Å². The van der Waals surface area contributed by atoms with Crippen LogP contribution >= 0.6 is 0 Å². The van der Waals surface area contributed by atoms with Crippen molar-refractivity contribution in [3.8, 4) is 23.0 Å². The molecule has 0 unspecified atom stereocenters. The molecule has 0 spiro atoms. The third kappa shape index (κ3) is 6.16. The molecule has 12 heteroatoms. The van der Waals surface area contributed by atoms with E-state index in [0.29, 0.717) is 46.6 Å². The molecule has 2 aromatic heterocycles. The highest BCUT2D eigenvalue weighted by Crippen LogP contribution is 2.66. The minimum Gasteiger partial charge on any atom is -0.378 e. The van der Waals surface area contributed by atoms with Gasteiger partial charge in [0.2, 0.25) is 5.91 Å². The standard InChI is InChI=1S/C40H32F4N6O2/c1-49(2)29-10-4-22(5-11-29)3-8-28-9-12-30(24-6-7-25-19-45-39(52)31(25)16-24)37(47-28)35(15-23-13-26(41)17-27(42)14-23)48-36(51)21-50-38-33(20-46-50)32-18-34(32)40(38,43)44/h4-7,9-14,16-17,20,32,34-35H,15,18-19,21H2,1-2H3,(H,45,52)(H,48,51)/t32-,34-,35+/m1/s1. The second-order valence-corrected chi connectivity index (χ2v) is 13.7. The van der Waals surface area contributed by atoms with Gasteiger partial charge in [0.1, 0.15) is 29.6 Å². The molecule has 3 aromatic carbocycles. The molecule has 0 radical (unpaired) electrons. The smallest absolute Gasteiger partial charge is 0.293 e. The van der Waals surface area contributed by atoms with Crippen LogP contribution in [-0.2, 0) is 30.2 Å². The Kier molecular flexibility index (Phi) is 8.09. The molecular formula is C40H32F4N6O2. The summed E-state index contributed by atoms with van der Waals surface area (Å²) in [5, 5.41) is 9.84. The number of carbonyl (C=O) groups excluding carboxylic acids is 2. The third-order valence-corrected chi connectivity index (χ3v) is 9.91. The average Bonchev–Trinajstić information content (AvgIpc) is 3.60. The first-order valence-electron chi connectivity index (χ1n) is 16.8. The number of pyridine rings is 1. The number of aromatic nitrogens is 3. The van der Waals surface area contributed by atoms with E-state index < -0.39 is 42.0 Å². The van der Waals surface area contributed by atoms with Gasteiger partial charge >= 0.3 is 0 Å². The van der Waals surface area contributed by atoms with E-state index in [2.05, 4.69) is 27.6 Å². The molecule has 2 amide bonds. The van der Waals surface area contributed by atoms with Crippen LogP contribution in [0.4, 0.5) is 23.2 Å². The summed E-state index contributed by atoms with van der Waals surface area (Å²) in [4.78, 5) is 33.2. The lowest BCUT2D eigenvalue weighted by Gasteiger charge is -2.23. The fourth-order valence-corrected chi connectivity index (χ4v) is 7.24. The Morgan fingerprint density at radius 2 is 1.79 bits per heavy atom. The molecule has 1 fully saturated rings. The van der Waals surface area contributed by atoms with Gasteiger partial charge in [-0.2, -0.15) is 13.9 Å². The lowest BCUT2D eigenvalue weighted by atomic mass is 9.93. The van der Waals surface area contributed by atoms with Gasteiger partial charge in [-0.25, -0.2) is 13.8 Å². The van der Waals surface area contributed by atoms with Crippen LogP contribution in [0.1, 0.15) is 68.1 Å². The van der Waals surface area contributed by atoms with Crippen molar-refractivity contribution >= 4 is 17.5 Å². The van der Waals surface area contributed by atoms with Gasteiger partial charge in [-0.05, 0) is 96.0 Å². The maximum atomic E-state index is 15.1. The number of amides is 2. The number of nitrogens with zero attached hydrogens (tertiary/aromatic N) is 4. The molecule has 1 saturated carbocycles. The molecule has 3 heterocycles. The van der Waals surface area contributed by atoms with Gasteiger partial charge in [0.15, 0.2) is 0 Å². The van der Waals surface area contributed by atoms with Gasteiger partial charge < -0.3 is 15.5 Å². The normalized spacial score (nSPS) is 18.0. The van der Waals surface area contributed by atoms with Crippen molar-refractivity contribution in [2.75, 3.05) is 19.0 Å². The van der Waals surface area contributed by atoms with E-state index in [4.69, 9.17) is 4.98 Å². The molecule has 3 atom stereocenters. The predicted molar refractivity (Wildman–Crippen MR) is 186 cm³/mol. The first-order chi connectivity index (χ1) is 24.9. The summed E-state index contributed by atoms with van der Waals surface area (Å²) < 4.78 is 60.2. The number of halogens is 4. The molecule has 0 saturated heterocycles. The zero-order valence-corrected chi connectivity index (χ0v) is 28.2. The van der Waals surface area contributed by atoms with Crippen molar-refractivity contribution in [2.24, 2.45) is 5.92 Å². The van der Waals surface area contributed by atoms with Gasteiger partial charge in [-0.1, -0.05) is 18.1 Å². The van der Waals surface area contributed by atoms with Gasteiger partial charge in [-0.3, -0.25) is 14.3 Å². The number of benzene rings is 3. The van der Waals surface area contributed by atoms with E-state index in [-0.39, 0.29) is 29.5 Å². The Bertz CT molecular complexity index is 2300. The van der Waals surface area contributed by atoms with Crippen molar-refractivity contribution in [1.82, 2.24) is 25.4 Å². The molecule has 2 N–H and O–H groups in total. The molecule has 262 valence electrons. The maximum Gasteiger partial charge on any atom is 0.293 e. The van der Waals surface area contributed by atoms with Crippen molar-refractivity contribution < 1.29 is 27.2 Å². The molecule has 8 nitrogen and oxygen atoms in total. The molecular weight excluding hydrogens is 672 g/mol. The van der Waals surface area contributed by atoms with E-state index in [0.717, 1.165) is 39.7 Å². The number of carbonyl (C=O) groups is 2. The number of rotatable bonds is 8. The van der Waals surface area contributed by atoms with E-state index in [1.807, 2.05) is 55.4 Å². The van der Waals surface area contributed by atoms with Gasteiger partial charge in [0, 0.05) is 60.6 Å². The monoisotopic (exact) mass is 704 g/mol. The van der Waals surface area contributed by atoms with Crippen LogP contribution in [0.2, 0.25) is 0 Å². The van der Waals surface area contributed by atoms with E-state index in [1.54, 1.807) is 18.2 Å². The van der Waals surface area contributed by atoms with Crippen LogP contribution in [0.3, 0.4) is 0 Å². The molecule has 3 aliphatic rings. The number of nitrogens with one attached hydrogen (secondary N) is 2. The highest BCUT2D eigenvalue weighted by Gasteiger charge is 2.65. The Labute approximate surface area is 296 Å². The Morgan fingerprint density at radius 3 is 2.54 bits per heavy atom. The highest BCUT2D eigenvalue weighted by molar-refractivity contribution is 5.99. The summed E-state index contributed by atoms with van der Waals surface area (Å²) in [7, 11) is 3.88. The van der Waals surface area contributed by atoms with Crippen LogP contribution in [0, 0.1) is 29.4 Å². The molecule has 5 aromatic rings. The number of hydrogen-bond donors (Lipinski definition) is 2. The van der Waals surface area contributed by atoms with Crippen molar-refractivity contribution in [3.05, 3.63) is 136 Å². The van der Waals surface area contributed by atoms with Crippen LogP contribution in [-0.4, -0.2) is 40.7 Å². The molecule has 1 aliphatic heterocycles. The molecule has 0 bridgehead atoms. The fraction of sp³-hybridized carbons (Fsp3) is 0.250. The Hall–Kier alpha value is -5.96. The summed E-state index contributed by atoms with van der Waals surface area (Å²) in [5.74, 6) is -0.410. The van der Waals surface area contributed by atoms with E-state index >= 15 is 8.78 Å². The fourth-order valence-electron chi connectivity index (χ4n) is 7.24. The molecule has 2 aliphatic carbocycles. The number of anilines is 1. The second-order valence-electron chi connectivity index (χ2n) is 13.7. The SMILES string of the molecule is CN(C)c1ccc(C#Cc2ccc(-c3ccc4c(c3)C(=O)NC4)c([C@H](Cc3cc(F)cc(F)c3)NC(=O)Cn3ncc4c3C(F)(F)[C@@H]3C[C@H]43)n2)cc1. The lowest BCUT2D eigenvalue weighted by molar-refractivity contribution is -0.122. The van der Waals surface area contributed by atoms with E-state index in [9.17, 15) is 18.4 Å². The van der Waals surface area contributed by atoms with Crippen molar-refractivity contribution in [3.63, 3.8) is 0 Å². The van der Waals surface area contributed by atoms with Gasteiger partial charge in [-0.15, -0.1) is 0 Å². The quantitative estimate of drug-likeness (QED) is 0.148. The summed E-state index contributed by atoms with van der Waals surface area (Å²) in [6, 6.07) is 18.6. The predicted octanol–water partition coefficient (Wildman–Crippen LogP) is 6.24. The van der Waals surface area contributed by atoms with Gasteiger partial charge in [0.25, 0.3) is 11.8 Å². The summed E-state index contributed by atoms with van der Waals surface area (Å²) in [5.41, 5.74) is 5.32. The largest absolute Gasteiger partial charge is 0.378 e. The van der Waals surface area contributed by atoms with E-state index in [1.165, 1.54) is 6.20 Å². The zero-order valence-electron chi connectivity index (χ0n) is 28.2. The van der Waals surface area contributed by atoms with Crippen molar-refractivity contribution in [1.29, 1.82) is 0 Å². The minimum atomic E-state index is -3.09. The second kappa shape index (κ2) is 12.7. The highest BCUT2D eigenvalue weighted by atomic mass is 19.3. The first kappa shape index (κ1) is 33.2. The number of hydrogen-bond acceptors (Lipinski definition) is 5. The summed E-state index contributed by atoms with van der Waals surface area (Å²) in [6.07, 6.45) is 1.69. The molecule has 8 rings (SSSR count). The Balaban J connectivity index is 1.20. The topological polar surface area (TPSA) is 92.2 Å². The summed E-state index contributed by atoms with van der Waals surface area (Å²) in [6.45, 7) is -0.111. The van der Waals surface area contributed by atoms with Crippen LogP contribution < -0.4 is 15.5 Å². The number of fused-ring (bicyclic) bond motifs is 4. The molecule has 52 heavy (non-hydrogen) atoms. The lowest BCUT2D eigenvalue weighted by Crippen LogP contribution is -2.35. The third-order valence-electron chi connectivity index (χ3n) is 9.91. The summed E-state index contributed by atoms with van der Waals surface area (Å²) >= 11 is 0.